The molecule has 8 nitrogen and oxygen atoms in total. The minimum absolute atomic E-state index is 0.536. The molecule has 5 rings (SSSR count). The molecule has 0 atom stereocenters. The van der Waals surface area contributed by atoms with Gasteiger partial charge in [-0.15, -0.1) is 0 Å². The molecule has 0 aliphatic heterocycles. The van der Waals surface area contributed by atoms with Gasteiger partial charge in [0.2, 0.25) is 5.95 Å². The summed E-state index contributed by atoms with van der Waals surface area (Å²) in [4.78, 5) is 15.5. The van der Waals surface area contributed by atoms with E-state index < -0.39 is 0 Å². The number of fused-ring (bicyclic) bond motifs is 2. The zero-order valence-electron chi connectivity index (χ0n) is 19.1. The van der Waals surface area contributed by atoms with E-state index in [1.54, 1.807) is 13.3 Å². The maximum Gasteiger partial charge on any atom is 0.224 e. The van der Waals surface area contributed by atoms with Gasteiger partial charge in [0.25, 0.3) is 0 Å². The van der Waals surface area contributed by atoms with Crippen molar-refractivity contribution in [2.45, 2.75) is 13.0 Å². The van der Waals surface area contributed by atoms with Crippen molar-refractivity contribution in [2.75, 3.05) is 37.5 Å². The maximum absolute atomic E-state index is 5.76. The van der Waals surface area contributed by atoms with E-state index in [1.165, 1.54) is 21.9 Å². The van der Waals surface area contributed by atoms with E-state index in [9.17, 15) is 0 Å². The molecule has 0 unspecified atom stereocenters. The van der Waals surface area contributed by atoms with Crippen LogP contribution in [0.2, 0.25) is 0 Å². The molecule has 5 aromatic rings. The molecule has 0 spiro atoms. The summed E-state index contributed by atoms with van der Waals surface area (Å²) in [5.74, 6) is 2.24. The van der Waals surface area contributed by atoms with Crippen LogP contribution >= 0.6 is 0 Å². The topological polar surface area (TPSA) is 99.9 Å². The molecule has 174 valence electrons. The van der Waals surface area contributed by atoms with Gasteiger partial charge in [-0.25, -0.2) is 4.98 Å². The molecule has 0 saturated heterocycles. The quantitative estimate of drug-likeness (QED) is 0.214. The van der Waals surface area contributed by atoms with Crippen LogP contribution < -0.4 is 15.4 Å². The molecule has 8 heteroatoms. The van der Waals surface area contributed by atoms with Crippen LogP contribution in [0.3, 0.4) is 0 Å². The predicted molar refractivity (Wildman–Crippen MR) is 136 cm³/mol. The second-order valence-electron chi connectivity index (χ2n) is 8.06. The minimum atomic E-state index is 0.536. The fourth-order valence-corrected chi connectivity index (χ4v) is 3.96. The average molecular weight is 457 g/mol. The first kappa shape index (κ1) is 21.8. The first-order valence-electron chi connectivity index (χ1n) is 11.4. The van der Waals surface area contributed by atoms with Crippen LogP contribution in [0.25, 0.3) is 21.8 Å². The molecule has 0 amide bonds. The minimum Gasteiger partial charge on any atom is -0.491 e. The Labute approximate surface area is 197 Å². The first-order valence-corrected chi connectivity index (χ1v) is 11.4. The second kappa shape index (κ2) is 10.3. The van der Waals surface area contributed by atoms with Crippen molar-refractivity contribution in [1.82, 2.24) is 19.9 Å². The monoisotopic (exact) mass is 456 g/mol. The van der Waals surface area contributed by atoms with Crippen LogP contribution in [0.4, 0.5) is 11.8 Å². The molecule has 4 N–H and O–H groups in total. The lowest BCUT2D eigenvalue weighted by molar-refractivity contribution is 0.146. The van der Waals surface area contributed by atoms with Gasteiger partial charge in [0.1, 0.15) is 18.2 Å². The largest absolute Gasteiger partial charge is 0.491 e. The fraction of sp³-hybridized carbons (Fsp3) is 0.231. The van der Waals surface area contributed by atoms with Gasteiger partial charge < -0.3 is 30.1 Å². The summed E-state index contributed by atoms with van der Waals surface area (Å²) in [6.45, 7) is 2.52. The van der Waals surface area contributed by atoms with Crippen LogP contribution in [-0.4, -0.2) is 46.8 Å². The summed E-state index contributed by atoms with van der Waals surface area (Å²) < 4.78 is 10.8. The van der Waals surface area contributed by atoms with Crippen molar-refractivity contribution in [3.63, 3.8) is 0 Å². The highest BCUT2D eigenvalue weighted by Crippen LogP contribution is 2.24. The van der Waals surface area contributed by atoms with Gasteiger partial charge >= 0.3 is 0 Å². The highest BCUT2D eigenvalue weighted by Gasteiger charge is 2.07. The van der Waals surface area contributed by atoms with Gasteiger partial charge in [-0.2, -0.15) is 4.98 Å². The standard InChI is InChI=1S/C26H28N6O2/c1-33-12-13-34-21-3-5-24-22(15-21)20(17-30-24)7-10-28-25-8-11-29-26(32-25)31-16-18-2-4-23-19(14-18)6-9-27-23/h2-6,8-9,11,14-15,17,27,30H,7,10,12-13,16H2,1H3,(H2,28,29,31,32). The van der Waals surface area contributed by atoms with E-state index in [1.807, 2.05) is 24.4 Å². The Morgan fingerprint density at radius 2 is 1.88 bits per heavy atom. The Balaban J connectivity index is 1.16. The van der Waals surface area contributed by atoms with Crippen LogP contribution in [0.15, 0.2) is 67.1 Å². The number of hydrogen-bond acceptors (Lipinski definition) is 6. The summed E-state index contributed by atoms with van der Waals surface area (Å²) in [5.41, 5.74) is 4.64. The zero-order chi connectivity index (χ0) is 23.2. The molecule has 34 heavy (non-hydrogen) atoms. The van der Waals surface area contributed by atoms with Crippen molar-refractivity contribution in [3.05, 3.63) is 78.2 Å². The number of methoxy groups -OCH3 is 1. The van der Waals surface area contributed by atoms with Crippen molar-refractivity contribution in [1.29, 1.82) is 0 Å². The van der Waals surface area contributed by atoms with Crippen LogP contribution in [0, 0.1) is 0 Å². The van der Waals surface area contributed by atoms with Gasteiger partial charge in [0.05, 0.1) is 6.61 Å². The highest BCUT2D eigenvalue weighted by molar-refractivity contribution is 5.84. The van der Waals surface area contributed by atoms with Crippen LogP contribution in [-0.2, 0) is 17.7 Å². The summed E-state index contributed by atoms with van der Waals surface area (Å²) in [7, 11) is 1.67. The summed E-state index contributed by atoms with van der Waals surface area (Å²) in [6.07, 6.45) is 6.62. The van der Waals surface area contributed by atoms with Crippen molar-refractivity contribution >= 4 is 33.6 Å². The lowest BCUT2D eigenvalue weighted by Gasteiger charge is -2.09. The number of aromatic amines is 2. The van der Waals surface area contributed by atoms with E-state index in [-0.39, 0.29) is 0 Å². The van der Waals surface area contributed by atoms with Gasteiger partial charge in [0.15, 0.2) is 0 Å². The molecule has 3 heterocycles. The van der Waals surface area contributed by atoms with Crippen LogP contribution in [0.1, 0.15) is 11.1 Å². The molecule has 0 aliphatic carbocycles. The van der Waals surface area contributed by atoms with E-state index >= 15 is 0 Å². The summed E-state index contributed by atoms with van der Waals surface area (Å²) in [5, 5.41) is 9.08. The Morgan fingerprint density at radius 1 is 0.941 bits per heavy atom. The summed E-state index contributed by atoms with van der Waals surface area (Å²) >= 11 is 0. The number of benzene rings is 2. The van der Waals surface area contributed by atoms with Crippen LogP contribution in [0.5, 0.6) is 5.75 Å². The van der Waals surface area contributed by atoms with E-state index in [0.717, 1.165) is 35.6 Å². The van der Waals surface area contributed by atoms with E-state index in [0.29, 0.717) is 25.7 Å². The second-order valence-corrected chi connectivity index (χ2v) is 8.06. The van der Waals surface area contributed by atoms with Gasteiger partial charge in [-0.05, 0) is 65.4 Å². The van der Waals surface area contributed by atoms with Gasteiger partial charge in [0, 0.05) is 55.2 Å². The number of hydrogen-bond donors (Lipinski definition) is 4. The Kier molecular flexibility index (Phi) is 6.58. The molecule has 0 saturated carbocycles. The predicted octanol–water partition coefficient (Wildman–Crippen LogP) is 4.73. The first-order chi connectivity index (χ1) is 16.8. The van der Waals surface area contributed by atoms with Crippen molar-refractivity contribution in [2.24, 2.45) is 0 Å². The molecule has 3 aromatic heterocycles. The van der Waals surface area contributed by atoms with Gasteiger partial charge in [-0.3, -0.25) is 0 Å². The number of rotatable bonds is 11. The third-order valence-corrected chi connectivity index (χ3v) is 5.72. The third kappa shape index (κ3) is 5.13. The summed E-state index contributed by atoms with van der Waals surface area (Å²) in [6, 6.07) is 16.4. The number of ether oxygens (including phenoxy) is 2. The molecule has 0 radical (unpaired) electrons. The molecule has 0 fully saturated rings. The number of nitrogens with zero attached hydrogens (tertiary/aromatic N) is 2. The number of anilines is 2. The zero-order valence-corrected chi connectivity index (χ0v) is 19.1. The normalized spacial score (nSPS) is 11.2. The lowest BCUT2D eigenvalue weighted by atomic mass is 10.1. The van der Waals surface area contributed by atoms with Crippen molar-refractivity contribution < 1.29 is 9.47 Å². The number of aromatic nitrogens is 4. The Bertz CT molecular complexity index is 1380. The molecular formula is C26H28N6O2. The molecular weight excluding hydrogens is 428 g/mol. The fourth-order valence-electron chi connectivity index (χ4n) is 3.96. The number of nitrogens with one attached hydrogen (secondary N) is 4. The van der Waals surface area contributed by atoms with E-state index in [4.69, 9.17) is 9.47 Å². The Morgan fingerprint density at radius 3 is 2.82 bits per heavy atom. The molecule has 0 bridgehead atoms. The Hall–Kier alpha value is -4.04. The van der Waals surface area contributed by atoms with Gasteiger partial charge in [-0.1, -0.05) is 6.07 Å². The molecule has 2 aromatic carbocycles. The number of H-pyrrole nitrogens is 2. The average Bonchev–Trinajstić information content (AvgIpc) is 3.50. The van der Waals surface area contributed by atoms with E-state index in [2.05, 4.69) is 67.1 Å². The lowest BCUT2D eigenvalue weighted by Crippen LogP contribution is -2.09. The highest BCUT2D eigenvalue weighted by atomic mass is 16.5. The van der Waals surface area contributed by atoms with Crippen molar-refractivity contribution in [3.8, 4) is 5.75 Å². The molecule has 0 aliphatic rings. The third-order valence-electron chi connectivity index (χ3n) is 5.72. The smallest absolute Gasteiger partial charge is 0.224 e. The maximum atomic E-state index is 5.76. The SMILES string of the molecule is COCCOc1ccc2[nH]cc(CCNc3ccnc(NCc4ccc5[nH]ccc5c4)n3)c2c1.